The molecule has 5 heterocycles. The number of alkyl halides is 1. The number of rotatable bonds is 5. The molecule has 45 heavy (non-hydrogen) atoms. The van der Waals surface area contributed by atoms with Crippen molar-refractivity contribution in [1.29, 1.82) is 0 Å². The van der Waals surface area contributed by atoms with Gasteiger partial charge in [0.2, 0.25) is 5.88 Å². The van der Waals surface area contributed by atoms with Crippen LogP contribution in [0.5, 0.6) is 17.6 Å². The lowest BCUT2D eigenvalue weighted by molar-refractivity contribution is 0.107. The molecule has 8 nitrogen and oxygen atoms in total. The number of aryl methyl sites for hydroxylation is 1. The van der Waals surface area contributed by atoms with Gasteiger partial charge in [-0.05, 0) is 79.6 Å². The fourth-order valence-electron chi connectivity index (χ4n) is 8.27. The summed E-state index contributed by atoms with van der Waals surface area (Å²) in [5, 5.41) is 12.0. The third-order valence-electron chi connectivity index (χ3n) is 10.8. The first-order valence-corrected chi connectivity index (χ1v) is 16.0. The van der Waals surface area contributed by atoms with Crippen LogP contribution in [0.4, 0.5) is 19.0 Å². The van der Waals surface area contributed by atoms with E-state index in [4.69, 9.17) is 14.5 Å². The van der Waals surface area contributed by atoms with Gasteiger partial charge in [-0.1, -0.05) is 13.0 Å². The molecule has 236 valence electrons. The van der Waals surface area contributed by atoms with E-state index >= 15 is 8.78 Å². The van der Waals surface area contributed by atoms with E-state index in [1.165, 1.54) is 18.2 Å². The molecule has 2 atom stereocenters. The monoisotopic (exact) mass is 619 g/mol. The number of benzene rings is 2. The molecule has 1 aliphatic carbocycles. The summed E-state index contributed by atoms with van der Waals surface area (Å²) < 4.78 is 59.0. The Bertz CT molecular complexity index is 1850. The highest BCUT2D eigenvalue weighted by Gasteiger charge is 2.50. The minimum absolute atomic E-state index is 0.00555. The van der Waals surface area contributed by atoms with E-state index in [2.05, 4.69) is 19.8 Å². The smallest absolute Gasteiger partial charge is 0.319 e. The quantitative estimate of drug-likeness (QED) is 0.272. The van der Waals surface area contributed by atoms with Crippen molar-refractivity contribution < 1.29 is 27.8 Å². The molecule has 0 amide bonds. The lowest BCUT2D eigenvalue weighted by Gasteiger charge is -2.50. The van der Waals surface area contributed by atoms with Crippen molar-refractivity contribution in [2.24, 2.45) is 0 Å². The Morgan fingerprint density at radius 3 is 2.69 bits per heavy atom. The molecule has 3 aliphatic heterocycles. The molecule has 3 fully saturated rings. The van der Waals surface area contributed by atoms with E-state index in [1.54, 1.807) is 6.07 Å². The molecule has 2 saturated heterocycles. The minimum atomic E-state index is -0.912. The highest BCUT2D eigenvalue weighted by Crippen LogP contribution is 2.48. The average Bonchev–Trinajstić information content (AvgIpc) is 3.52. The molecule has 2 aromatic carbocycles. The van der Waals surface area contributed by atoms with Gasteiger partial charge in [0.05, 0.1) is 12.1 Å². The highest BCUT2D eigenvalue weighted by molar-refractivity contribution is 6.03. The second kappa shape index (κ2) is 10.3. The van der Waals surface area contributed by atoms with Crippen molar-refractivity contribution >= 4 is 27.5 Å². The Morgan fingerprint density at radius 1 is 1.07 bits per heavy atom. The van der Waals surface area contributed by atoms with Crippen molar-refractivity contribution in [3.63, 3.8) is 0 Å². The van der Waals surface area contributed by atoms with Crippen LogP contribution in [0.15, 0.2) is 24.3 Å². The Balaban J connectivity index is 1.34. The summed E-state index contributed by atoms with van der Waals surface area (Å²) in [7, 11) is 1.97. The van der Waals surface area contributed by atoms with Crippen LogP contribution < -0.4 is 14.4 Å². The maximum absolute atomic E-state index is 17.0. The number of hydrogen-bond donors (Lipinski definition) is 1. The normalized spacial score (nSPS) is 24.0. The number of pyridine rings is 1. The molecule has 11 heteroatoms. The van der Waals surface area contributed by atoms with Crippen molar-refractivity contribution in [3.05, 3.63) is 41.5 Å². The fraction of sp³-hybridized carbons (Fsp3) is 0.500. The summed E-state index contributed by atoms with van der Waals surface area (Å²) in [6.07, 6.45) is 5.33. The van der Waals surface area contributed by atoms with Gasteiger partial charge in [0.1, 0.15) is 46.8 Å². The minimum Gasteiger partial charge on any atom is -0.508 e. The first-order chi connectivity index (χ1) is 21.7. The second-order valence-corrected chi connectivity index (χ2v) is 13.2. The van der Waals surface area contributed by atoms with E-state index in [0.29, 0.717) is 53.5 Å². The van der Waals surface area contributed by atoms with Crippen LogP contribution in [-0.2, 0) is 6.42 Å². The van der Waals surface area contributed by atoms with Gasteiger partial charge in [0, 0.05) is 37.5 Å². The van der Waals surface area contributed by atoms with Crippen LogP contribution in [0.1, 0.15) is 57.4 Å². The molecule has 0 unspecified atom stereocenters. The molecule has 1 spiro atoms. The first-order valence-electron chi connectivity index (χ1n) is 16.0. The number of hydrogen-bond acceptors (Lipinski definition) is 8. The summed E-state index contributed by atoms with van der Waals surface area (Å²) in [4.78, 5) is 18.4. The van der Waals surface area contributed by atoms with Crippen LogP contribution in [0.25, 0.3) is 32.9 Å². The third-order valence-corrected chi connectivity index (χ3v) is 10.8. The van der Waals surface area contributed by atoms with Gasteiger partial charge in [0.25, 0.3) is 0 Å². The van der Waals surface area contributed by atoms with Gasteiger partial charge >= 0.3 is 6.01 Å². The van der Waals surface area contributed by atoms with Gasteiger partial charge in [-0.3, -0.25) is 4.90 Å². The topological polar surface area (TPSA) is 83.8 Å². The fourth-order valence-corrected chi connectivity index (χ4v) is 8.27. The predicted octanol–water partition coefficient (Wildman–Crippen LogP) is 6.49. The molecule has 8 rings (SSSR count). The molecule has 4 aromatic rings. The number of fused-ring (bicyclic) bond motifs is 2. The van der Waals surface area contributed by atoms with Gasteiger partial charge < -0.3 is 19.5 Å². The SMILES string of the molecule is CCc1c(F)ccc2cc(O)cc(-c3nc4c5c(nc(OC[C@@]67CCCN6C[C@H](F)C7)nc5c3F)N(C)C3(CCC3)CCO4)c12. The summed E-state index contributed by atoms with van der Waals surface area (Å²) in [6.45, 7) is 3.61. The van der Waals surface area contributed by atoms with E-state index in [1.807, 2.05) is 14.0 Å². The number of nitrogens with zero attached hydrogens (tertiary/aromatic N) is 5. The maximum atomic E-state index is 17.0. The van der Waals surface area contributed by atoms with Gasteiger partial charge in [-0.2, -0.15) is 9.97 Å². The third kappa shape index (κ3) is 4.33. The van der Waals surface area contributed by atoms with E-state index in [0.717, 1.165) is 45.1 Å². The summed E-state index contributed by atoms with van der Waals surface area (Å²) in [5.74, 6) is -0.616. The Hall–Kier alpha value is -3.86. The second-order valence-electron chi connectivity index (χ2n) is 13.2. The van der Waals surface area contributed by atoms with Gasteiger partial charge in [0.15, 0.2) is 5.82 Å². The molecule has 1 N–H and O–H groups in total. The van der Waals surface area contributed by atoms with Crippen molar-refractivity contribution in [1.82, 2.24) is 19.9 Å². The lowest BCUT2D eigenvalue weighted by atomic mass is 9.73. The van der Waals surface area contributed by atoms with E-state index in [9.17, 15) is 9.50 Å². The molecule has 0 bridgehead atoms. The Labute approximate surface area is 259 Å². The van der Waals surface area contributed by atoms with E-state index in [-0.39, 0.29) is 46.6 Å². The van der Waals surface area contributed by atoms with Crippen LogP contribution in [0.3, 0.4) is 0 Å². The summed E-state index contributed by atoms with van der Waals surface area (Å²) in [6, 6.07) is 5.86. The van der Waals surface area contributed by atoms with Gasteiger partial charge in [-0.15, -0.1) is 0 Å². The number of phenols is 1. The van der Waals surface area contributed by atoms with Crippen molar-refractivity contribution in [2.45, 2.75) is 75.5 Å². The number of aromatic hydroxyl groups is 1. The molecular weight excluding hydrogens is 583 g/mol. The first kappa shape index (κ1) is 28.6. The molecular formula is C34H36F3N5O3. The van der Waals surface area contributed by atoms with Crippen LogP contribution in [0.2, 0.25) is 0 Å². The molecule has 1 saturated carbocycles. The number of aromatic nitrogens is 3. The number of phenolic OH excluding ortho intramolecular Hbond substituents is 1. The zero-order valence-corrected chi connectivity index (χ0v) is 25.5. The summed E-state index contributed by atoms with van der Waals surface area (Å²) in [5.41, 5.74) is -0.105. The maximum Gasteiger partial charge on any atom is 0.319 e. The average molecular weight is 620 g/mol. The predicted molar refractivity (Wildman–Crippen MR) is 165 cm³/mol. The molecule has 4 aliphatic rings. The van der Waals surface area contributed by atoms with Crippen molar-refractivity contribution in [2.75, 3.05) is 38.3 Å². The largest absolute Gasteiger partial charge is 0.508 e. The lowest BCUT2D eigenvalue weighted by Crippen LogP contribution is -2.54. The zero-order valence-electron chi connectivity index (χ0n) is 25.5. The Kier molecular flexibility index (Phi) is 6.57. The molecule has 0 radical (unpaired) electrons. The Morgan fingerprint density at radius 2 is 1.91 bits per heavy atom. The number of halogens is 3. The standard InChI is InChI=1S/C34H36F3N5O3/c1-3-22-24(36)7-6-19-14-21(43)15-23(25(19)22)28-27(37)29-26-30(41(2)33(8-4-9-33)11-13-44-31(26)38-28)40-32(39-29)45-18-34-10-5-12-42(34)17-20(35)16-34/h6-7,14-15,20,43H,3-5,8-13,16-18H2,1-2H3/t20-,34+/m1/s1. The van der Waals surface area contributed by atoms with Gasteiger partial charge in [-0.25, -0.2) is 18.2 Å². The van der Waals surface area contributed by atoms with Crippen LogP contribution in [0, 0.1) is 11.6 Å². The number of anilines is 1. The molecule has 2 aromatic heterocycles. The van der Waals surface area contributed by atoms with Crippen LogP contribution in [-0.4, -0.2) is 75.6 Å². The highest BCUT2D eigenvalue weighted by atomic mass is 19.1. The van der Waals surface area contributed by atoms with Crippen molar-refractivity contribution in [3.8, 4) is 28.9 Å². The number of ether oxygens (including phenoxy) is 2. The summed E-state index contributed by atoms with van der Waals surface area (Å²) >= 11 is 0. The van der Waals surface area contributed by atoms with E-state index < -0.39 is 23.3 Å². The zero-order chi connectivity index (χ0) is 31.1. The van der Waals surface area contributed by atoms with Crippen LogP contribution >= 0.6 is 0 Å².